The van der Waals surface area contributed by atoms with Gasteiger partial charge in [-0.15, -0.1) is 0 Å². The minimum absolute atomic E-state index is 0.0669. The zero-order chi connectivity index (χ0) is 24.1. The number of anilines is 2. The summed E-state index contributed by atoms with van der Waals surface area (Å²) >= 11 is 0. The van der Waals surface area contributed by atoms with Gasteiger partial charge in [0.2, 0.25) is 0 Å². The van der Waals surface area contributed by atoms with Crippen LogP contribution in [0.3, 0.4) is 0 Å². The molecule has 1 aliphatic heterocycles. The minimum atomic E-state index is -3.85. The molecule has 34 heavy (non-hydrogen) atoms. The van der Waals surface area contributed by atoms with Gasteiger partial charge in [0.1, 0.15) is 5.82 Å². The Morgan fingerprint density at radius 1 is 1.03 bits per heavy atom. The van der Waals surface area contributed by atoms with E-state index < -0.39 is 10.0 Å². The van der Waals surface area contributed by atoms with Crippen LogP contribution in [-0.4, -0.2) is 45.6 Å². The third-order valence-corrected chi connectivity index (χ3v) is 7.16. The number of amides is 1. The molecule has 1 saturated heterocycles. The van der Waals surface area contributed by atoms with Crippen LogP contribution in [0.25, 0.3) is 0 Å². The summed E-state index contributed by atoms with van der Waals surface area (Å²) < 4.78 is 33.9. The minimum Gasteiger partial charge on any atom is -0.378 e. The van der Waals surface area contributed by atoms with Crippen LogP contribution in [0.5, 0.6) is 0 Å². The molecule has 1 aromatic heterocycles. The van der Waals surface area contributed by atoms with Crippen LogP contribution in [0.2, 0.25) is 0 Å². The maximum Gasteiger partial charge on any atom is 0.262 e. The van der Waals surface area contributed by atoms with Gasteiger partial charge in [0.25, 0.3) is 15.9 Å². The van der Waals surface area contributed by atoms with Crippen molar-refractivity contribution < 1.29 is 17.9 Å². The standard InChI is InChI=1S/C25H28N4O4S/c1-18-3-8-22(9-4-18)28-34(31,32)23-15-21(7-5-19(23)2)25(30)27-17-20-6-10-24(26-16-20)29-11-13-33-14-12-29/h3-10,15-16,28H,11-14,17H2,1-2H3,(H,27,30). The van der Waals surface area contributed by atoms with Gasteiger partial charge in [0, 0.05) is 37.1 Å². The van der Waals surface area contributed by atoms with Crippen molar-refractivity contribution >= 4 is 27.4 Å². The number of hydrogen-bond acceptors (Lipinski definition) is 6. The number of aryl methyl sites for hydroxylation is 2. The average Bonchev–Trinajstić information content (AvgIpc) is 2.85. The van der Waals surface area contributed by atoms with E-state index in [4.69, 9.17) is 4.74 Å². The van der Waals surface area contributed by atoms with E-state index in [1.807, 2.05) is 31.2 Å². The lowest BCUT2D eigenvalue weighted by Gasteiger charge is -2.27. The smallest absolute Gasteiger partial charge is 0.262 e. The number of carbonyl (C=O) groups is 1. The van der Waals surface area contributed by atoms with E-state index in [2.05, 4.69) is 19.9 Å². The Morgan fingerprint density at radius 2 is 1.76 bits per heavy atom. The lowest BCUT2D eigenvalue weighted by atomic mass is 10.1. The van der Waals surface area contributed by atoms with Crippen molar-refractivity contribution in [1.82, 2.24) is 10.3 Å². The van der Waals surface area contributed by atoms with Gasteiger partial charge in [0.15, 0.2) is 0 Å². The number of rotatable bonds is 7. The topological polar surface area (TPSA) is 101 Å². The molecule has 0 radical (unpaired) electrons. The second-order valence-electron chi connectivity index (χ2n) is 8.26. The molecule has 2 heterocycles. The SMILES string of the molecule is Cc1ccc(NS(=O)(=O)c2cc(C(=O)NCc3ccc(N4CCOCC4)nc3)ccc2C)cc1. The molecule has 3 aromatic rings. The fraction of sp³-hybridized carbons (Fsp3) is 0.280. The Hall–Kier alpha value is -3.43. The summed E-state index contributed by atoms with van der Waals surface area (Å²) in [5.41, 5.74) is 3.18. The number of ether oxygens (including phenoxy) is 1. The fourth-order valence-corrected chi connectivity index (χ4v) is 4.98. The molecule has 1 aliphatic rings. The average molecular weight is 481 g/mol. The largest absolute Gasteiger partial charge is 0.378 e. The van der Waals surface area contributed by atoms with Gasteiger partial charge in [-0.2, -0.15) is 0 Å². The summed E-state index contributed by atoms with van der Waals surface area (Å²) in [7, 11) is -3.85. The van der Waals surface area contributed by atoms with Gasteiger partial charge >= 0.3 is 0 Å². The first-order valence-electron chi connectivity index (χ1n) is 11.1. The molecule has 0 bridgehead atoms. The van der Waals surface area contributed by atoms with E-state index in [0.29, 0.717) is 24.5 Å². The molecule has 0 spiro atoms. The molecule has 9 heteroatoms. The lowest BCUT2D eigenvalue weighted by molar-refractivity contribution is 0.0950. The van der Waals surface area contributed by atoms with E-state index in [-0.39, 0.29) is 22.9 Å². The van der Waals surface area contributed by atoms with Gasteiger partial charge in [-0.3, -0.25) is 9.52 Å². The first kappa shape index (κ1) is 23.7. The molecule has 4 rings (SSSR count). The van der Waals surface area contributed by atoms with Gasteiger partial charge in [-0.05, 0) is 55.3 Å². The molecule has 0 unspecified atom stereocenters. The molecular weight excluding hydrogens is 452 g/mol. The highest BCUT2D eigenvalue weighted by molar-refractivity contribution is 7.92. The van der Waals surface area contributed by atoms with Crippen LogP contribution < -0.4 is 14.9 Å². The molecule has 8 nitrogen and oxygen atoms in total. The molecule has 2 N–H and O–H groups in total. The number of sulfonamides is 1. The molecular formula is C25H28N4O4S. The number of pyridine rings is 1. The van der Waals surface area contributed by atoms with Crippen molar-refractivity contribution in [1.29, 1.82) is 0 Å². The normalized spacial score (nSPS) is 14.0. The van der Waals surface area contributed by atoms with Crippen LogP contribution in [-0.2, 0) is 21.3 Å². The quantitative estimate of drug-likeness (QED) is 0.538. The predicted octanol–water partition coefficient (Wildman–Crippen LogP) is 3.27. The van der Waals surface area contributed by atoms with Crippen molar-refractivity contribution in [3.05, 3.63) is 83.0 Å². The summed E-state index contributed by atoms with van der Waals surface area (Å²) in [6.07, 6.45) is 1.74. The number of morpholine rings is 1. The number of benzene rings is 2. The van der Waals surface area contributed by atoms with Crippen LogP contribution in [0.1, 0.15) is 27.0 Å². The summed E-state index contributed by atoms with van der Waals surface area (Å²) in [5.74, 6) is 0.525. The van der Waals surface area contributed by atoms with Crippen molar-refractivity contribution in [3.8, 4) is 0 Å². The summed E-state index contributed by atoms with van der Waals surface area (Å²) in [6, 6.07) is 15.6. The fourth-order valence-electron chi connectivity index (χ4n) is 3.65. The Kier molecular flexibility index (Phi) is 7.14. The maximum absolute atomic E-state index is 13.0. The lowest BCUT2D eigenvalue weighted by Crippen LogP contribution is -2.36. The monoisotopic (exact) mass is 480 g/mol. The molecule has 0 atom stereocenters. The second-order valence-corrected chi connectivity index (χ2v) is 9.91. The van der Waals surface area contributed by atoms with Crippen molar-refractivity contribution in [3.63, 3.8) is 0 Å². The zero-order valence-electron chi connectivity index (χ0n) is 19.2. The third-order valence-electron chi connectivity index (χ3n) is 5.64. The predicted molar refractivity (Wildman–Crippen MR) is 132 cm³/mol. The highest BCUT2D eigenvalue weighted by Gasteiger charge is 2.19. The molecule has 0 aliphatic carbocycles. The first-order valence-corrected chi connectivity index (χ1v) is 12.6. The van der Waals surface area contributed by atoms with E-state index in [9.17, 15) is 13.2 Å². The summed E-state index contributed by atoms with van der Waals surface area (Å²) in [4.78, 5) is 19.5. The van der Waals surface area contributed by atoms with Gasteiger partial charge in [-0.25, -0.2) is 13.4 Å². The van der Waals surface area contributed by atoms with Crippen LogP contribution in [0, 0.1) is 13.8 Å². The molecule has 2 aromatic carbocycles. The van der Waals surface area contributed by atoms with Crippen molar-refractivity contribution in [2.24, 2.45) is 0 Å². The third kappa shape index (κ3) is 5.73. The highest BCUT2D eigenvalue weighted by Crippen LogP contribution is 2.21. The number of nitrogens with zero attached hydrogens (tertiary/aromatic N) is 2. The maximum atomic E-state index is 13.0. The molecule has 1 fully saturated rings. The zero-order valence-corrected chi connectivity index (χ0v) is 20.1. The number of nitrogens with one attached hydrogen (secondary N) is 2. The Morgan fingerprint density at radius 3 is 2.44 bits per heavy atom. The van der Waals surface area contributed by atoms with Crippen molar-refractivity contribution in [2.45, 2.75) is 25.3 Å². The second kappa shape index (κ2) is 10.2. The molecule has 0 saturated carbocycles. The van der Waals surface area contributed by atoms with Crippen LogP contribution in [0.4, 0.5) is 11.5 Å². The van der Waals surface area contributed by atoms with Crippen LogP contribution >= 0.6 is 0 Å². The van der Waals surface area contributed by atoms with E-state index in [0.717, 1.165) is 30.0 Å². The van der Waals surface area contributed by atoms with Gasteiger partial charge in [-0.1, -0.05) is 29.8 Å². The highest BCUT2D eigenvalue weighted by atomic mass is 32.2. The van der Waals surface area contributed by atoms with Gasteiger partial charge < -0.3 is 15.0 Å². The Balaban J connectivity index is 1.42. The number of aromatic nitrogens is 1. The van der Waals surface area contributed by atoms with Crippen molar-refractivity contribution in [2.75, 3.05) is 35.9 Å². The Bertz CT molecular complexity index is 1250. The summed E-state index contributed by atoms with van der Waals surface area (Å²) in [6.45, 7) is 6.91. The van der Waals surface area contributed by atoms with E-state index in [1.165, 1.54) is 6.07 Å². The summed E-state index contributed by atoms with van der Waals surface area (Å²) in [5, 5.41) is 2.84. The molecule has 1 amide bonds. The first-order chi connectivity index (χ1) is 16.3. The number of hydrogen-bond donors (Lipinski definition) is 2. The van der Waals surface area contributed by atoms with Gasteiger partial charge in [0.05, 0.1) is 18.1 Å². The van der Waals surface area contributed by atoms with E-state index >= 15 is 0 Å². The Labute approximate surface area is 200 Å². The van der Waals surface area contributed by atoms with E-state index in [1.54, 1.807) is 37.4 Å². The molecule has 178 valence electrons. The van der Waals surface area contributed by atoms with Crippen LogP contribution in [0.15, 0.2) is 65.7 Å². The number of carbonyl (C=O) groups excluding carboxylic acids is 1.